The van der Waals surface area contributed by atoms with Gasteiger partial charge in [0.05, 0.1) is 14.2 Å². The number of carbonyl (C=O) groups excluding carboxylic acids is 1. The summed E-state index contributed by atoms with van der Waals surface area (Å²) in [6.07, 6.45) is 2.93. The smallest absolute Gasteiger partial charge is 0.313 e. The van der Waals surface area contributed by atoms with Gasteiger partial charge in [0.1, 0.15) is 11.5 Å². The number of carboxylic acids is 1. The molecular formula is C27H31NO7. The van der Waals surface area contributed by atoms with Crippen molar-refractivity contribution >= 4 is 11.9 Å². The van der Waals surface area contributed by atoms with E-state index in [4.69, 9.17) is 18.9 Å². The fourth-order valence-corrected chi connectivity index (χ4v) is 5.72. The number of nitrogens with one attached hydrogen (secondary N) is 1. The highest BCUT2D eigenvalue weighted by molar-refractivity contribution is 6.01. The highest BCUT2D eigenvalue weighted by atomic mass is 16.5. The van der Waals surface area contributed by atoms with Crippen LogP contribution in [0, 0.1) is 11.3 Å². The Morgan fingerprint density at radius 2 is 1.80 bits per heavy atom. The zero-order valence-electron chi connectivity index (χ0n) is 20.1. The first-order valence-electron chi connectivity index (χ1n) is 12.1. The molecule has 2 N–H and O–H groups in total. The van der Waals surface area contributed by atoms with E-state index in [1.54, 1.807) is 20.3 Å². The Hall–Kier alpha value is -3.26. The molecule has 1 atom stereocenters. The van der Waals surface area contributed by atoms with Crippen LogP contribution in [0.3, 0.4) is 0 Å². The summed E-state index contributed by atoms with van der Waals surface area (Å²) in [5.74, 6) is 0.467. The summed E-state index contributed by atoms with van der Waals surface area (Å²) in [4.78, 5) is 24.9. The fourth-order valence-electron chi connectivity index (χ4n) is 5.72. The lowest BCUT2D eigenvalue weighted by Gasteiger charge is -2.47. The second-order valence-electron chi connectivity index (χ2n) is 9.50. The monoisotopic (exact) mass is 481 g/mol. The van der Waals surface area contributed by atoms with E-state index in [1.165, 1.54) is 0 Å². The van der Waals surface area contributed by atoms with Gasteiger partial charge in [-0.25, -0.2) is 0 Å². The van der Waals surface area contributed by atoms with E-state index in [9.17, 15) is 14.7 Å². The number of methoxy groups -OCH3 is 2. The molecule has 2 fully saturated rings. The lowest BCUT2D eigenvalue weighted by atomic mass is 9.61. The first kappa shape index (κ1) is 23.5. The third kappa shape index (κ3) is 3.89. The molecular weight excluding hydrogens is 450 g/mol. The van der Waals surface area contributed by atoms with Crippen molar-refractivity contribution in [1.29, 1.82) is 0 Å². The van der Waals surface area contributed by atoms with E-state index in [0.717, 1.165) is 36.0 Å². The lowest BCUT2D eigenvalue weighted by molar-refractivity contribution is -0.169. The standard InChI is InChI=1S/C27H31NO7/c1-32-21-8-7-18(17-5-3-6-19-20(17)15-28-25(19)29)22(23(21)33-2)35-24(16-9-13-34-14-10-16)27(26(30)31)11-4-12-27/h3,5-8,16,24H,4,9-15H2,1-2H3,(H,28,29)(H,30,31). The first-order chi connectivity index (χ1) is 17.0. The van der Waals surface area contributed by atoms with Crippen molar-refractivity contribution in [2.45, 2.75) is 44.8 Å². The van der Waals surface area contributed by atoms with Gasteiger partial charge in [0, 0.05) is 36.8 Å². The van der Waals surface area contributed by atoms with Crippen LogP contribution < -0.4 is 19.5 Å². The fraction of sp³-hybridized carbons (Fsp3) is 0.481. The van der Waals surface area contributed by atoms with Gasteiger partial charge < -0.3 is 29.4 Å². The van der Waals surface area contributed by atoms with Gasteiger partial charge in [0.25, 0.3) is 5.91 Å². The number of amides is 1. The number of ether oxygens (including phenoxy) is 4. The average molecular weight is 482 g/mol. The van der Waals surface area contributed by atoms with E-state index in [-0.39, 0.29) is 11.8 Å². The minimum absolute atomic E-state index is 0.0358. The Labute approximate surface area is 204 Å². The average Bonchev–Trinajstić information content (AvgIpc) is 3.23. The molecule has 0 bridgehead atoms. The molecule has 2 aliphatic heterocycles. The largest absolute Gasteiger partial charge is 0.493 e. The van der Waals surface area contributed by atoms with Crippen LogP contribution in [0.25, 0.3) is 11.1 Å². The summed E-state index contributed by atoms with van der Waals surface area (Å²) < 4.78 is 23.7. The van der Waals surface area contributed by atoms with Gasteiger partial charge in [0.15, 0.2) is 11.5 Å². The van der Waals surface area contributed by atoms with Crippen molar-refractivity contribution in [3.63, 3.8) is 0 Å². The van der Waals surface area contributed by atoms with Gasteiger partial charge in [-0.05, 0) is 55.0 Å². The third-order valence-electron chi connectivity index (χ3n) is 7.79. The van der Waals surface area contributed by atoms with Crippen LogP contribution in [-0.2, 0) is 16.1 Å². The van der Waals surface area contributed by atoms with E-state index >= 15 is 0 Å². The summed E-state index contributed by atoms with van der Waals surface area (Å²) in [5, 5.41) is 13.2. The molecule has 35 heavy (non-hydrogen) atoms. The van der Waals surface area contributed by atoms with Crippen LogP contribution in [0.2, 0.25) is 0 Å². The van der Waals surface area contributed by atoms with Gasteiger partial charge in [-0.3, -0.25) is 9.59 Å². The SMILES string of the molecule is COc1ccc(-c2cccc3c2CNC3=O)c(OC(C2CCOCC2)C2(C(=O)O)CCC2)c1OC. The van der Waals surface area contributed by atoms with Gasteiger partial charge in [0.2, 0.25) is 5.75 Å². The third-order valence-corrected chi connectivity index (χ3v) is 7.79. The lowest BCUT2D eigenvalue weighted by Crippen LogP contribution is -2.54. The number of fused-ring (bicyclic) bond motifs is 1. The molecule has 8 heteroatoms. The van der Waals surface area contributed by atoms with Crippen molar-refractivity contribution < 1.29 is 33.6 Å². The molecule has 0 radical (unpaired) electrons. The van der Waals surface area contributed by atoms with Crippen molar-refractivity contribution in [2.75, 3.05) is 27.4 Å². The Morgan fingerprint density at radius 3 is 2.43 bits per heavy atom. The number of aliphatic carboxylic acids is 1. The Morgan fingerprint density at radius 1 is 1.06 bits per heavy atom. The Balaban J connectivity index is 1.66. The predicted molar refractivity (Wildman–Crippen MR) is 128 cm³/mol. The topological polar surface area (TPSA) is 103 Å². The molecule has 1 saturated heterocycles. The molecule has 2 heterocycles. The number of benzene rings is 2. The molecule has 0 aromatic heterocycles. The second-order valence-corrected chi connectivity index (χ2v) is 9.50. The van der Waals surface area contributed by atoms with E-state index in [1.807, 2.05) is 24.3 Å². The molecule has 1 aliphatic carbocycles. The maximum Gasteiger partial charge on any atom is 0.313 e. The van der Waals surface area contributed by atoms with Crippen molar-refractivity contribution in [2.24, 2.45) is 11.3 Å². The highest BCUT2D eigenvalue weighted by Gasteiger charge is 2.55. The Kier molecular flexibility index (Phi) is 6.32. The van der Waals surface area contributed by atoms with E-state index < -0.39 is 17.5 Å². The minimum atomic E-state index is -0.955. The quantitative estimate of drug-likeness (QED) is 0.586. The van der Waals surface area contributed by atoms with Crippen molar-refractivity contribution in [3.05, 3.63) is 41.5 Å². The molecule has 186 valence electrons. The van der Waals surface area contributed by atoms with Crippen LogP contribution in [0.15, 0.2) is 30.3 Å². The summed E-state index contributed by atoms with van der Waals surface area (Å²) in [6.45, 7) is 1.59. The molecule has 3 aliphatic rings. The second kappa shape index (κ2) is 9.41. The van der Waals surface area contributed by atoms with Crippen LogP contribution in [0.1, 0.15) is 48.0 Å². The summed E-state index contributed by atoms with van der Waals surface area (Å²) in [7, 11) is 3.11. The van der Waals surface area contributed by atoms with Crippen molar-refractivity contribution in [3.8, 4) is 28.4 Å². The van der Waals surface area contributed by atoms with Gasteiger partial charge in [-0.2, -0.15) is 0 Å². The molecule has 2 aromatic rings. The van der Waals surface area contributed by atoms with Gasteiger partial charge in [-0.1, -0.05) is 18.6 Å². The van der Waals surface area contributed by atoms with Crippen LogP contribution >= 0.6 is 0 Å². The van der Waals surface area contributed by atoms with Crippen LogP contribution in [0.4, 0.5) is 0 Å². The summed E-state index contributed by atoms with van der Waals surface area (Å²) in [6, 6.07) is 9.31. The summed E-state index contributed by atoms with van der Waals surface area (Å²) >= 11 is 0. The number of rotatable bonds is 8. The van der Waals surface area contributed by atoms with Gasteiger partial charge >= 0.3 is 5.97 Å². The Bertz CT molecular complexity index is 1130. The van der Waals surface area contributed by atoms with E-state index in [0.29, 0.717) is 55.4 Å². The maximum atomic E-state index is 12.6. The van der Waals surface area contributed by atoms with Crippen molar-refractivity contribution in [1.82, 2.24) is 5.32 Å². The molecule has 0 spiro atoms. The maximum absolute atomic E-state index is 12.6. The molecule has 1 unspecified atom stereocenters. The molecule has 1 amide bonds. The number of carbonyl (C=O) groups is 2. The molecule has 1 saturated carbocycles. The normalized spacial score (nSPS) is 19.8. The molecule has 8 nitrogen and oxygen atoms in total. The van der Waals surface area contributed by atoms with Crippen LogP contribution in [0.5, 0.6) is 17.2 Å². The van der Waals surface area contributed by atoms with Crippen LogP contribution in [-0.4, -0.2) is 50.5 Å². The molecule has 2 aromatic carbocycles. The number of hydrogen-bond donors (Lipinski definition) is 2. The minimum Gasteiger partial charge on any atom is -0.493 e. The number of hydrogen-bond acceptors (Lipinski definition) is 6. The predicted octanol–water partition coefficient (Wildman–Crippen LogP) is 4.04. The highest BCUT2D eigenvalue weighted by Crippen LogP contribution is 2.53. The van der Waals surface area contributed by atoms with E-state index in [2.05, 4.69) is 5.32 Å². The first-order valence-corrected chi connectivity index (χ1v) is 12.1. The zero-order valence-corrected chi connectivity index (χ0v) is 20.1. The number of carboxylic acid groups (broad SMARTS) is 1. The van der Waals surface area contributed by atoms with Gasteiger partial charge in [-0.15, -0.1) is 0 Å². The zero-order chi connectivity index (χ0) is 24.6. The summed E-state index contributed by atoms with van der Waals surface area (Å²) in [5.41, 5.74) is 2.15. The molecule has 5 rings (SSSR count).